The van der Waals surface area contributed by atoms with E-state index in [2.05, 4.69) is 177 Å². The van der Waals surface area contributed by atoms with Gasteiger partial charge in [0.15, 0.2) is 17.5 Å². The number of anilines is 3. The summed E-state index contributed by atoms with van der Waals surface area (Å²) in [5.74, 6) is 2.77. The van der Waals surface area contributed by atoms with E-state index in [-0.39, 0.29) is 5.41 Å². The Balaban J connectivity index is 1.22. The number of benzene rings is 5. The molecule has 8 aromatic rings. The molecule has 0 aliphatic carbocycles. The summed E-state index contributed by atoms with van der Waals surface area (Å²) in [7, 11) is 2.13. The minimum Gasteiger partial charge on any atom is -0.355 e. The van der Waals surface area contributed by atoms with Gasteiger partial charge in [-0.25, -0.2) is 19.9 Å². The van der Waals surface area contributed by atoms with E-state index in [9.17, 15) is 0 Å². The molecule has 0 atom stereocenters. The SMILES string of the molecule is Cc1ccc(-c2nc(-c3cccc(N4CN(C)c5ccccc54)c3)nc(-c3ccc4c5ccccc5n(-c5cc(C(C)(C)C)ccn5)c4c3)n2)cc1. The maximum atomic E-state index is 5.18. The predicted octanol–water partition coefficient (Wildman–Crippen LogP) is 10.5. The zero-order valence-electron chi connectivity index (χ0n) is 30.0. The number of fused-ring (bicyclic) bond motifs is 4. The van der Waals surface area contributed by atoms with E-state index in [1.54, 1.807) is 0 Å². The van der Waals surface area contributed by atoms with E-state index in [4.69, 9.17) is 19.9 Å². The molecule has 9 rings (SSSR count). The van der Waals surface area contributed by atoms with Gasteiger partial charge in [0.2, 0.25) is 0 Å². The van der Waals surface area contributed by atoms with Gasteiger partial charge in [0.1, 0.15) is 5.82 Å². The van der Waals surface area contributed by atoms with Gasteiger partial charge in [-0.3, -0.25) is 4.57 Å². The van der Waals surface area contributed by atoms with E-state index in [0.29, 0.717) is 17.5 Å². The van der Waals surface area contributed by atoms with Crippen molar-refractivity contribution >= 4 is 38.9 Å². The zero-order valence-corrected chi connectivity index (χ0v) is 30.0. The summed E-state index contributed by atoms with van der Waals surface area (Å²) in [6.45, 7) is 9.56. The number of nitrogens with zero attached hydrogens (tertiary/aromatic N) is 7. The summed E-state index contributed by atoms with van der Waals surface area (Å²) in [4.78, 5) is 24.9. The Bertz CT molecular complexity index is 2630. The third-order valence-electron chi connectivity index (χ3n) is 10.1. The first kappa shape index (κ1) is 31.6. The molecule has 1 aliphatic heterocycles. The van der Waals surface area contributed by atoms with Gasteiger partial charge in [0.25, 0.3) is 0 Å². The van der Waals surface area contributed by atoms with Crippen molar-refractivity contribution in [3.63, 3.8) is 0 Å². The summed E-state index contributed by atoms with van der Waals surface area (Å²) in [5.41, 5.74) is 10.8. The number of aromatic nitrogens is 5. The Morgan fingerprint density at radius 2 is 1.23 bits per heavy atom. The number of aryl methyl sites for hydroxylation is 1. The Morgan fingerprint density at radius 1 is 0.577 bits per heavy atom. The van der Waals surface area contributed by atoms with Gasteiger partial charge in [-0.2, -0.15) is 0 Å². The lowest BCUT2D eigenvalue weighted by molar-refractivity contribution is 0.588. The monoisotopic (exact) mass is 677 g/mol. The Labute approximate surface area is 303 Å². The van der Waals surface area contributed by atoms with Crippen LogP contribution in [0, 0.1) is 6.92 Å². The molecule has 0 bridgehead atoms. The maximum Gasteiger partial charge on any atom is 0.164 e. The van der Waals surface area contributed by atoms with E-state index in [1.165, 1.54) is 27.9 Å². The molecule has 0 amide bonds. The lowest BCUT2D eigenvalue weighted by Crippen LogP contribution is -2.23. The number of rotatable bonds is 5. The van der Waals surface area contributed by atoms with Crippen molar-refractivity contribution in [2.45, 2.75) is 33.1 Å². The van der Waals surface area contributed by atoms with Crippen molar-refractivity contribution in [3.8, 4) is 40.0 Å². The van der Waals surface area contributed by atoms with Crippen molar-refractivity contribution in [1.29, 1.82) is 0 Å². The van der Waals surface area contributed by atoms with Crippen LogP contribution in [-0.4, -0.2) is 38.2 Å². The number of hydrogen-bond donors (Lipinski definition) is 0. The molecular weight excluding hydrogens is 639 g/mol. The zero-order chi connectivity index (χ0) is 35.6. The molecule has 0 N–H and O–H groups in total. The van der Waals surface area contributed by atoms with E-state index < -0.39 is 0 Å². The third-order valence-corrected chi connectivity index (χ3v) is 10.1. The predicted molar refractivity (Wildman–Crippen MR) is 214 cm³/mol. The Morgan fingerprint density at radius 3 is 2.00 bits per heavy atom. The summed E-state index contributed by atoms with van der Waals surface area (Å²) in [6.07, 6.45) is 1.92. The van der Waals surface area contributed by atoms with Gasteiger partial charge in [-0.15, -0.1) is 0 Å². The second-order valence-corrected chi connectivity index (χ2v) is 14.7. The lowest BCUT2D eigenvalue weighted by Gasteiger charge is -2.20. The first-order valence-corrected chi connectivity index (χ1v) is 17.7. The lowest BCUT2D eigenvalue weighted by atomic mass is 9.88. The van der Waals surface area contributed by atoms with Gasteiger partial charge in [0.05, 0.1) is 29.1 Å². The average Bonchev–Trinajstić information content (AvgIpc) is 3.69. The molecular formula is C45H39N7. The molecule has 7 nitrogen and oxygen atoms in total. The Hall–Kier alpha value is -6.34. The summed E-state index contributed by atoms with van der Waals surface area (Å²) < 4.78 is 2.26. The summed E-state index contributed by atoms with van der Waals surface area (Å²) in [5, 5.41) is 2.33. The number of hydrogen-bond acceptors (Lipinski definition) is 6. The Kier molecular flexibility index (Phi) is 7.40. The molecule has 3 aromatic heterocycles. The fourth-order valence-corrected chi connectivity index (χ4v) is 7.24. The highest BCUT2D eigenvalue weighted by molar-refractivity contribution is 6.10. The molecule has 0 radical (unpaired) electrons. The summed E-state index contributed by atoms with van der Waals surface area (Å²) >= 11 is 0. The fourth-order valence-electron chi connectivity index (χ4n) is 7.24. The van der Waals surface area contributed by atoms with Crippen molar-refractivity contribution < 1.29 is 0 Å². The van der Waals surface area contributed by atoms with Crippen molar-refractivity contribution in [3.05, 3.63) is 145 Å². The van der Waals surface area contributed by atoms with Crippen LogP contribution >= 0.6 is 0 Å². The highest BCUT2D eigenvalue weighted by atomic mass is 15.4. The molecule has 0 fully saturated rings. The van der Waals surface area contributed by atoms with Crippen LogP contribution in [0.5, 0.6) is 0 Å². The van der Waals surface area contributed by atoms with E-state index >= 15 is 0 Å². The molecule has 4 heterocycles. The van der Waals surface area contributed by atoms with Crippen molar-refractivity contribution in [2.75, 3.05) is 23.5 Å². The van der Waals surface area contributed by atoms with Crippen molar-refractivity contribution in [2.24, 2.45) is 0 Å². The smallest absolute Gasteiger partial charge is 0.164 e. The molecule has 0 unspecified atom stereocenters. The van der Waals surface area contributed by atoms with Gasteiger partial charge in [-0.1, -0.05) is 105 Å². The quantitative estimate of drug-likeness (QED) is 0.181. The molecule has 7 heteroatoms. The number of para-hydroxylation sites is 3. The van der Waals surface area contributed by atoms with Gasteiger partial charge < -0.3 is 9.80 Å². The normalized spacial score (nSPS) is 12.9. The van der Waals surface area contributed by atoms with Gasteiger partial charge >= 0.3 is 0 Å². The van der Waals surface area contributed by atoms with Crippen LogP contribution in [-0.2, 0) is 5.41 Å². The molecule has 254 valence electrons. The molecule has 1 aliphatic rings. The topological polar surface area (TPSA) is 63.0 Å². The molecule has 0 spiro atoms. The largest absolute Gasteiger partial charge is 0.355 e. The highest BCUT2D eigenvalue weighted by Crippen LogP contribution is 2.41. The van der Waals surface area contributed by atoms with Crippen LogP contribution in [0.4, 0.5) is 17.1 Å². The molecule has 5 aromatic carbocycles. The van der Waals surface area contributed by atoms with Crippen LogP contribution in [0.25, 0.3) is 61.8 Å². The third kappa shape index (κ3) is 5.46. The van der Waals surface area contributed by atoms with E-state index in [1.807, 2.05) is 6.20 Å². The van der Waals surface area contributed by atoms with Crippen LogP contribution in [0.15, 0.2) is 134 Å². The van der Waals surface area contributed by atoms with Crippen LogP contribution in [0.1, 0.15) is 31.9 Å². The molecule has 0 saturated carbocycles. The van der Waals surface area contributed by atoms with Gasteiger partial charge in [-0.05, 0) is 66.4 Å². The molecule has 0 saturated heterocycles. The van der Waals surface area contributed by atoms with E-state index in [0.717, 1.165) is 51.3 Å². The summed E-state index contributed by atoms with van der Waals surface area (Å²) in [6, 6.07) is 44.8. The average molecular weight is 678 g/mol. The highest BCUT2D eigenvalue weighted by Gasteiger charge is 2.25. The van der Waals surface area contributed by atoms with Gasteiger partial charge in [0, 0.05) is 46.4 Å². The standard InChI is InChI=1S/C45H39N7/c1-29-17-19-30(20-18-29)42-47-43(31-11-10-12-34(25-31)51-28-50(5)38-15-8-9-16-39(38)51)49-44(48-42)32-21-22-36-35-13-6-7-14-37(35)52(40(36)26-32)41-27-33(23-24-46-41)45(2,3)4/h6-27H,28H2,1-5H3. The second kappa shape index (κ2) is 12.2. The first-order valence-electron chi connectivity index (χ1n) is 17.7. The van der Waals surface area contributed by atoms with Crippen LogP contribution in [0.3, 0.4) is 0 Å². The first-order chi connectivity index (χ1) is 25.2. The van der Waals surface area contributed by atoms with Crippen LogP contribution < -0.4 is 9.80 Å². The number of pyridine rings is 1. The fraction of sp³-hybridized carbons (Fsp3) is 0.156. The minimum atomic E-state index is -0.0132. The molecule has 52 heavy (non-hydrogen) atoms. The van der Waals surface area contributed by atoms with Crippen LogP contribution in [0.2, 0.25) is 0 Å². The maximum absolute atomic E-state index is 5.18. The van der Waals surface area contributed by atoms with Crippen molar-refractivity contribution in [1.82, 2.24) is 24.5 Å². The minimum absolute atomic E-state index is 0.0132. The second-order valence-electron chi connectivity index (χ2n) is 14.7.